The van der Waals surface area contributed by atoms with Gasteiger partial charge >= 0.3 is 0 Å². The number of fused-ring (bicyclic) bond motifs is 3. The number of rotatable bonds is 3. The molecule has 20 heavy (non-hydrogen) atoms. The fraction of sp³-hybridized carbons (Fsp3) is 0.722. The topological polar surface area (TPSA) is 24.9 Å². The molecule has 2 saturated carbocycles. The SMILES string of the molecule is CC(NC1CCCc2cccnc21)C1CC2CCC1C2. The molecule has 2 nitrogen and oxygen atoms in total. The highest BCUT2D eigenvalue weighted by atomic mass is 15.0. The minimum absolute atomic E-state index is 0.495. The Morgan fingerprint density at radius 3 is 3.00 bits per heavy atom. The Labute approximate surface area is 122 Å². The van der Waals surface area contributed by atoms with E-state index < -0.39 is 0 Å². The van der Waals surface area contributed by atoms with E-state index in [2.05, 4.69) is 29.4 Å². The Morgan fingerprint density at radius 2 is 2.20 bits per heavy atom. The predicted molar refractivity (Wildman–Crippen MR) is 81.5 cm³/mol. The van der Waals surface area contributed by atoms with Crippen LogP contribution in [0.4, 0.5) is 0 Å². The quantitative estimate of drug-likeness (QED) is 0.901. The van der Waals surface area contributed by atoms with Crippen molar-refractivity contribution in [1.29, 1.82) is 0 Å². The van der Waals surface area contributed by atoms with Crippen molar-refractivity contribution in [3.8, 4) is 0 Å². The Morgan fingerprint density at radius 1 is 1.25 bits per heavy atom. The highest BCUT2D eigenvalue weighted by Gasteiger charge is 2.42. The monoisotopic (exact) mass is 270 g/mol. The summed E-state index contributed by atoms with van der Waals surface area (Å²) in [5.41, 5.74) is 2.80. The zero-order valence-electron chi connectivity index (χ0n) is 12.5. The molecular formula is C18H26N2. The average molecular weight is 270 g/mol. The summed E-state index contributed by atoms with van der Waals surface area (Å²) in [5, 5.41) is 3.94. The number of pyridine rings is 1. The summed E-state index contributed by atoms with van der Waals surface area (Å²) >= 11 is 0. The van der Waals surface area contributed by atoms with E-state index in [-0.39, 0.29) is 0 Å². The molecule has 2 fully saturated rings. The Bertz CT molecular complexity index is 484. The number of hydrogen-bond donors (Lipinski definition) is 1. The average Bonchev–Trinajstić information content (AvgIpc) is 3.10. The van der Waals surface area contributed by atoms with E-state index in [0.29, 0.717) is 12.1 Å². The molecule has 0 spiro atoms. The molecule has 1 aromatic rings. The molecule has 0 radical (unpaired) electrons. The van der Waals surface area contributed by atoms with Crippen molar-refractivity contribution in [2.24, 2.45) is 17.8 Å². The largest absolute Gasteiger partial charge is 0.306 e. The Hall–Kier alpha value is -0.890. The van der Waals surface area contributed by atoms with E-state index in [9.17, 15) is 0 Å². The van der Waals surface area contributed by atoms with Crippen LogP contribution in [0, 0.1) is 17.8 Å². The predicted octanol–water partition coefficient (Wildman–Crippen LogP) is 3.87. The van der Waals surface area contributed by atoms with E-state index in [0.717, 1.165) is 17.8 Å². The first-order valence-corrected chi connectivity index (χ1v) is 8.51. The number of nitrogens with zero attached hydrogens (tertiary/aromatic N) is 1. The fourth-order valence-corrected chi connectivity index (χ4v) is 5.12. The minimum Gasteiger partial charge on any atom is -0.306 e. The van der Waals surface area contributed by atoms with Gasteiger partial charge in [0.05, 0.1) is 5.69 Å². The van der Waals surface area contributed by atoms with Crippen LogP contribution in [0.1, 0.15) is 62.7 Å². The summed E-state index contributed by atoms with van der Waals surface area (Å²) in [6.45, 7) is 2.42. The van der Waals surface area contributed by atoms with Gasteiger partial charge in [0.1, 0.15) is 0 Å². The van der Waals surface area contributed by atoms with Crippen molar-refractivity contribution in [2.75, 3.05) is 0 Å². The summed E-state index contributed by atoms with van der Waals surface area (Å²) in [4.78, 5) is 4.67. The second-order valence-corrected chi connectivity index (χ2v) is 7.29. The van der Waals surface area contributed by atoms with Gasteiger partial charge < -0.3 is 5.32 Å². The molecule has 0 aliphatic heterocycles. The van der Waals surface area contributed by atoms with E-state index in [4.69, 9.17) is 0 Å². The molecule has 0 amide bonds. The summed E-state index contributed by atoms with van der Waals surface area (Å²) < 4.78 is 0. The summed E-state index contributed by atoms with van der Waals surface area (Å²) in [6.07, 6.45) is 11.7. The van der Waals surface area contributed by atoms with Crippen molar-refractivity contribution in [3.05, 3.63) is 29.6 Å². The van der Waals surface area contributed by atoms with Crippen LogP contribution in [0.15, 0.2) is 18.3 Å². The maximum Gasteiger partial charge on any atom is 0.0605 e. The van der Waals surface area contributed by atoms with Gasteiger partial charge in [-0.1, -0.05) is 12.5 Å². The molecule has 1 N–H and O–H groups in total. The van der Waals surface area contributed by atoms with Crippen molar-refractivity contribution < 1.29 is 0 Å². The van der Waals surface area contributed by atoms with Crippen molar-refractivity contribution in [3.63, 3.8) is 0 Å². The second kappa shape index (κ2) is 5.14. The van der Waals surface area contributed by atoms with Gasteiger partial charge in [-0.05, 0) is 74.8 Å². The van der Waals surface area contributed by atoms with Crippen LogP contribution in [0.25, 0.3) is 0 Å². The third kappa shape index (κ3) is 2.18. The molecule has 3 aliphatic carbocycles. The first kappa shape index (κ1) is 12.8. The summed E-state index contributed by atoms with van der Waals surface area (Å²) in [7, 11) is 0. The third-order valence-electron chi connectivity index (χ3n) is 6.09. The van der Waals surface area contributed by atoms with E-state index in [1.807, 2.05) is 6.20 Å². The molecule has 4 rings (SSSR count). The van der Waals surface area contributed by atoms with Gasteiger partial charge in [0, 0.05) is 18.3 Å². The molecule has 5 unspecified atom stereocenters. The lowest BCUT2D eigenvalue weighted by Crippen LogP contribution is -2.40. The fourth-order valence-electron chi connectivity index (χ4n) is 5.12. The van der Waals surface area contributed by atoms with Gasteiger partial charge in [-0.3, -0.25) is 4.98 Å². The van der Waals surface area contributed by atoms with Crippen molar-refractivity contribution in [2.45, 2.75) is 64.0 Å². The lowest BCUT2D eigenvalue weighted by atomic mass is 9.83. The Kier molecular flexibility index (Phi) is 3.30. The summed E-state index contributed by atoms with van der Waals surface area (Å²) in [6, 6.07) is 5.50. The van der Waals surface area contributed by atoms with Crippen LogP contribution in [0.2, 0.25) is 0 Å². The zero-order chi connectivity index (χ0) is 13.5. The Balaban J connectivity index is 1.47. The van der Waals surface area contributed by atoms with Gasteiger partial charge in [-0.25, -0.2) is 0 Å². The van der Waals surface area contributed by atoms with Gasteiger partial charge in [0.15, 0.2) is 0 Å². The molecule has 3 aliphatic rings. The first-order valence-electron chi connectivity index (χ1n) is 8.51. The summed E-state index contributed by atoms with van der Waals surface area (Å²) in [5.74, 6) is 2.98. The van der Waals surface area contributed by atoms with Crippen LogP contribution in [0.5, 0.6) is 0 Å². The van der Waals surface area contributed by atoms with Crippen molar-refractivity contribution in [1.82, 2.24) is 10.3 Å². The standard InChI is InChI=1S/C18H26N2/c1-12(16-11-13-7-8-15(16)10-13)20-17-6-2-4-14-5-3-9-19-18(14)17/h3,5,9,12-13,15-17,20H,2,4,6-8,10-11H2,1H3. The van der Waals surface area contributed by atoms with E-state index >= 15 is 0 Å². The number of aromatic nitrogens is 1. The molecule has 0 saturated heterocycles. The maximum absolute atomic E-state index is 4.67. The van der Waals surface area contributed by atoms with Gasteiger partial charge in [0.25, 0.3) is 0 Å². The normalized spacial score (nSPS) is 36.9. The smallest absolute Gasteiger partial charge is 0.0605 e. The molecule has 5 atom stereocenters. The maximum atomic E-state index is 4.67. The molecule has 108 valence electrons. The van der Waals surface area contributed by atoms with Crippen LogP contribution in [-0.4, -0.2) is 11.0 Å². The molecule has 1 aromatic heterocycles. The molecule has 1 heterocycles. The molecular weight excluding hydrogens is 244 g/mol. The highest BCUT2D eigenvalue weighted by Crippen LogP contribution is 2.49. The second-order valence-electron chi connectivity index (χ2n) is 7.29. The molecule has 2 bridgehead atoms. The van der Waals surface area contributed by atoms with Crippen LogP contribution in [-0.2, 0) is 6.42 Å². The van der Waals surface area contributed by atoms with Gasteiger partial charge in [0.2, 0.25) is 0 Å². The number of aryl methyl sites for hydroxylation is 1. The number of nitrogens with one attached hydrogen (secondary N) is 1. The van der Waals surface area contributed by atoms with Crippen LogP contribution < -0.4 is 5.32 Å². The lowest BCUT2D eigenvalue weighted by Gasteiger charge is -2.34. The van der Waals surface area contributed by atoms with Crippen LogP contribution >= 0.6 is 0 Å². The number of hydrogen-bond acceptors (Lipinski definition) is 2. The zero-order valence-corrected chi connectivity index (χ0v) is 12.5. The van der Waals surface area contributed by atoms with Crippen molar-refractivity contribution >= 4 is 0 Å². The van der Waals surface area contributed by atoms with Gasteiger partial charge in [-0.15, -0.1) is 0 Å². The third-order valence-corrected chi connectivity index (χ3v) is 6.09. The lowest BCUT2D eigenvalue weighted by molar-refractivity contribution is 0.237. The molecule has 2 heteroatoms. The van der Waals surface area contributed by atoms with Crippen LogP contribution in [0.3, 0.4) is 0 Å². The highest BCUT2D eigenvalue weighted by molar-refractivity contribution is 5.25. The van der Waals surface area contributed by atoms with E-state index in [1.165, 1.54) is 56.2 Å². The van der Waals surface area contributed by atoms with Gasteiger partial charge in [-0.2, -0.15) is 0 Å². The minimum atomic E-state index is 0.495. The van der Waals surface area contributed by atoms with E-state index in [1.54, 1.807) is 0 Å². The molecule has 0 aromatic carbocycles. The first-order chi connectivity index (χ1) is 9.81.